The Morgan fingerprint density at radius 2 is 2.07 bits per heavy atom. The number of rotatable bonds is 6. The normalized spacial score (nSPS) is 17.3. The van der Waals surface area contributed by atoms with Crippen molar-refractivity contribution in [3.05, 3.63) is 0 Å². The minimum atomic E-state index is -4.52. The molecule has 8 heteroatoms. The quantitative estimate of drug-likeness (QED) is 0.519. The van der Waals surface area contributed by atoms with Crippen LogP contribution in [0.2, 0.25) is 0 Å². The van der Waals surface area contributed by atoms with Gasteiger partial charge in [0.25, 0.3) is 10.0 Å². The lowest BCUT2D eigenvalue weighted by molar-refractivity contribution is 0.218. The van der Waals surface area contributed by atoms with Gasteiger partial charge in [0, 0.05) is 19.0 Å². The van der Waals surface area contributed by atoms with Crippen LogP contribution in [-0.2, 0) is 10.0 Å². The van der Waals surface area contributed by atoms with Crippen molar-refractivity contribution in [3.8, 4) is 0 Å². The van der Waals surface area contributed by atoms with Gasteiger partial charge in [0.2, 0.25) is 0 Å². The molecule has 1 fully saturated rings. The summed E-state index contributed by atoms with van der Waals surface area (Å²) in [6.45, 7) is -0.132. The SMILES string of the molecule is N=C(N)CCN(C1CC1)S(=O)(=O)C(F)F. The van der Waals surface area contributed by atoms with Gasteiger partial charge in [0.15, 0.2) is 0 Å². The minimum Gasteiger partial charge on any atom is -0.388 e. The molecule has 0 unspecified atom stereocenters. The van der Waals surface area contributed by atoms with Crippen LogP contribution in [0.1, 0.15) is 19.3 Å². The molecule has 1 aliphatic carbocycles. The van der Waals surface area contributed by atoms with E-state index in [0.717, 1.165) is 4.31 Å². The number of halogens is 2. The van der Waals surface area contributed by atoms with E-state index in [2.05, 4.69) is 0 Å². The first-order chi connectivity index (χ1) is 6.85. The van der Waals surface area contributed by atoms with Crippen molar-refractivity contribution in [2.45, 2.75) is 31.1 Å². The molecule has 0 spiro atoms. The van der Waals surface area contributed by atoms with Crippen molar-refractivity contribution >= 4 is 15.9 Å². The molecule has 0 aromatic carbocycles. The highest BCUT2D eigenvalue weighted by molar-refractivity contribution is 7.89. The summed E-state index contributed by atoms with van der Waals surface area (Å²) < 4.78 is 47.7. The Kier molecular flexibility index (Phi) is 3.61. The molecule has 0 atom stereocenters. The second-order valence-corrected chi connectivity index (χ2v) is 5.28. The van der Waals surface area contributed by atoms with Gasteiger partial charge in [-0.1, -0.05) is 0 Å². The van der Waals surface area contributed by atoms with Crippen molar-refractivity contribution < 1.29 is 17.2 Å². The molecule has 5 nitrogen and oxygen atoms in total. The van der Waals surface area contributed by atoms with Crippen LogP contribution in [0.5, 0.6) is 0 Å². The van der Waals surface area contributed by atoms with E-state index in [-0.39, 0.29) is 24.8 Å². The summed E-state index contributed by atoms with van der Waals surface area (Å²) in [5.41, 5.74) is 5.05. The lowest BCUT2D eigenvalue weighted by atomic mass is 10.4. The monoisotopic (exact) mass is 241 g/mol. The summed E-state index contributed by atoms with van der Waals surface area (Å²) in [7, 11) is -4.52. The number of nitrogens with two attached hydrogens (primary N) is 1. The number of amidine groups is 1. The van der Waals surface area contributed by atoms with E-state index in [1.54, 1.807) is 0 Å². The maximum absolute atomic E-state index is 12.3. The Labute approximate surface area is 86.8 Å². The zero-order chi connectivity index (χ0) is 11.6. The summed E-state index contributed by atoms with van der Waals surface area (Å²) in [5, 5.41) is 6.93. The van der Waals surface area contributed by atoms with Crippen LogP contribution in [0.25, 0.3) is 0 Å². The predicted octanol–water partition coefficient (Wildman–Crippen LogP) is 0.329. The molecule has 88 valence electrons. The van der Waals surface area contributed by atoms with Gasteiger partial charge in [-0.3, -0.25) is 5.41 Å². The molecule has 0 aromatic heterocycles. The van der Waals surface area contributed by atoms with Crippen molar-refractivity contribution in [2.75, 3.05) is 6.54 Å². The van der Waals surface area contributed by atoms with Crippen molar-refractivity contribution in [3.63, 3.8) is 0 Å². The first-order valence-electron chi connectivity index (χ1n) is 4.47. The molecule has 0 saturated heterocycles. The fourth-order valence-electron chi connectivity index (χ4n) is 1.21. The summed E-state index contributed by atoms with van der Waals surface area (Å²) in [4.78, 5) is 0. The summed E-state index contributed by atoms with van der Waals surface area (Å²) >= 11 is 0. The standard InChI is InChI=1S/C7H13F2N3O2S/c8-7(9)15(13,14)12(5-1-2-5)4-3-6(10)11/h5,7H,1-4H2,(H3,10,11). The van der Waals surface area contributed by atoms with Gasteiger partial charge in [0.05, 0.1) is 5.84 Å². The molecule has 3 N–H and O–H groups in total. The maximum atomic E-state index is 12.3. The average Bonchev–Trinajstić information content (AvgIpc) is 2.87. The van der Waals surface area contributed by atoms with E-state index in [0.29, 0.717) is 12.8 Å². The number of alkyl halides is 2. The van der Waals surface area contributed by atoms with Gasteiger partial charge < -0.3 is 5.73 Å². The Morgan fingerprint density at radius 1 is 1.53 bits per heavy atom. The fourth-order valence-corrected chi connectivity index (χ4v) is 2.39. The van der Waals surface area contributed by atoms with Gasteiger partial charge in [-0.2, -0.15) is 13.1 Å². The van der Waals surface area contributed by atoms with E-state index in [1.165, 1.54) is 0 Å². The highest BCUT2D eigenvalue weighted by atomic mass is 32.2. The number of nitrogens with one attached hydrogen (secondary N) is 1. The van der Waals surface area contributed by atoms with Crippen LogP contribution >= 0.6 is 0 Å². The van der Waals surface area contributed by atoms with Gasteiger partial charge in [0.1, 0.15) is 0 Å². The van der Waals surface area contributed by atoms with Crippen LogP contribution in [0.15, 0.2) is 0 Å². The molecule has 0 radical (unpaired) electrons. The van der Waals surface area contributed by atoms with Crippen LogP contribution in [0.4, 0.5) is 8.78 Å². The van der Waals surface area contributed by atoms with Gasteiger partial charge in [-0.25, -0.2) is 8.42 Å². The second kappa shape index (κ2) is 4.40. The number of hydrogen-bond acceptors (Lipinski definition) is 3. The van der Waals surface area contributed by atoms with E-state index in [4.69, 9.17) is 11.1 Å². The van der Waals surface area contributed by atoms with Gasteiger partial charge in [-0.05, 0) is 12.8 Å². The fraction of sp³-hybridized carbons (Fsp3) is 0.857. The third-order valence-corrected chi connectivity index (χ3v) is 3.69. The third-order valence-electron chi connectivity index (χ3n) is 2.11. The zero-order valence-corrected chi connectivity index (χ0v) is 8.80. The minimum absolute atomic E-state index is 0.0115. The first kappa shape index (κ1) is 12.3. The zero-order valence-electron chi connectivity index (χ0n) is 7.99. The number of sulfonamides is 1. The summed E-state index contributed by atoms with van der Waals surface area (Å²) in [6.07, 6.45) is 1.19. The molecular formula is C7H13F2N3O2S. The molecule has 0 aromatic rings. The lowest BCUT2D eigenvalue weighted by Crippen LogP contribution is -2.39. The molecular weight excluding hydrogens is 228 g/mol. The Morgan fingerprint density at radius 3 is 2.40 bits per heavy atom. The summed E-state index contributed by atoms with van der Waals surface area (Å²) in [5.74, 6) is -3.60. The third kappa shape index (κ3) is 3.10. The number of hydrogen-bond donors (Lipinski definition) is 2. The molecule has 0 heterocycles. The smallest absolute Gasteiger partial charge is 0.350 e. The van der Waals surface area contributed by atoms with E-state index < -0.39 is 15.8 Å². The van der Waals surface area contributed by atoms with Gasteiger partial charge in [-0.15, -0.1) is 0 Å². The molecule has 1 rings (SSSR count). The highest BCUT2D eigenvalue weighted by Crippen LogP contribution is 2.31. The van der Waals surface area contributed by atoms with Crippen molar-refractivity contribution in [1.82, 2.24) is 4.31 Å². The van der Waals surface area contributed by atoms with E-state index in [9.17, 15) is 17.2 Å². The Hall–Kier alpha value is -0.760. The van der Waals surface area contributed by atoms with Crippen molar-refractivity contribution in [1.29, 1.82) is 5.41 Å². The lowest BCUT2D eigenvalue weighted by Gasteiger charge is -2.20. The number of nitrogens with zero attached hydrogens (tertiary/aromatic N) is 1. The maximum Gasteiger partial charge on any atom is 0.350 e. The molecule has 15 heavy (non-hydrogen) atoms. The second-order valence-electron chi connectivity index (χ2n) is 3.42. The first-order valence-corrected chi connectivity index (χ1v) is 5.97. The average molecular weight is 241 g/mol. The molecule has 0 amide bonds. The highest BCUT2D eigenvalue weighted by Gasteiger charge is 2.41. The van der Waals surface area contributed by atoms with Crippen LogP contribution in [-0.4, -0.2) is 36.9 Å². The van der Waals surface area contributed by atoms with Crippen LogP contribution in [0.3, 0.4) is 0 Å². The topological polar surface area (TPSA) is 87.2 Å². The molecule has 0 bridgehead atoms. The van der Waals surface area contributed by atoms with E-state index in [1.807, 2.05) is 0 Å². The van der Waals surface area contributed by atoms with Crippen LogP contribution in [0, 0.1) is 5.41 Å². The summed E-state index contributed by atoms with van der Waals surface area (Å²) in [6, 6.07) is -0.330. The Bertz CT molecular complexity index is 340. The largest absolute Gasteiger partial charge is 0.388 e. The Balaban J connectivity index is 2.69. The molecule has 1 aliphatic rings. The van der Waals surface area contributed by atoms with Crippen LogP contribution < -0.4 is 5.73 Å². The van der Waals surface area contributed by atoms with E-state index >= 15 is 0 Å². The molecule has 0 aliphatic heterocycles. The molecule has 1 saturated carbocycles. The van der Waals surface area contributed by atoms with Crippen molar-refractivity contribution in [2.24, 2.45) is 5.73 Å². The van der Waals surface area contributed by atoms with Gasteiger partial charge >= 0.3 is 5.76 Å². The predicted molar refractivity (Wildman–Crippen MR) is 51.2 cm³/mol.